The predicted octanol–water partition coefficient (Wildman–Crippen LogP) is 3.67. The van der Waals surface area contributed by atoms with Gasteiger partial charge in [0.2, 0.25) is 5.89 Å². The second-order valence-electron chi connectivity index (χ2n) is 12.2. The number of carbonyl (C=O) groups is 1. The van der Waals surface area contributed by atoms with Crippen molar-refractivity contribution >= 4 is 6.09 Å². The normalized spacial score (nSPS) is 35.6. The number of nitrogens with zero attached hydrogens (tertiary/aromatic N) is 3. The summed E-state index contributed by atoms with van der Waals surface area (Å²) < 4.78 is 17.1. The molecule has 0 aromatic carbocycles. The van der Waals surface area contributed by atoms with Crippen LogP contribution in [-0.2, 0) is 9.47 Å². The molecule has 0 radical (unpaired) electrons. The highest BCUT2D eigenvalue weighted by molar-refractivity contribution is 5.68. The third-order valence-electron chi connectivity index (χ3n) is 9.35. The van der Waals surface area contributed by atoms with Crippen LogP contribution in [0, 0.1) is 5.41 Å². The van der Waals surface area contributed by atoms with E-state index in [4.69, 9.17) is 19.0 Å². The van der Waals surface area contributed by atoms with Crippen LogP contribution in [0.15, 0.2) is 4.52 Å². The SMILES string of the molecule is CC1(OC(=O)N2CCC(c3noc(C4CC5CCCCCC4(C)C(NC4COC4)N5)n3)CC2)CC1. The maximum Gasteiger partial charge on any atom is 0.410 e. The Morgan fingerprint density at radius 3 is 2.63 bits per heavy atom. The maximum atomic E-state index is 12.5. The van der Waals surface area contributed by atoms with E-state index in [2.05, 4.69) is 22.7 Å². The van der Waals surface area contributed by atoms with Gasteiger partial charge in [-0.3, -0.25) is 10.6 Å². The molecule has 4 aliphatic heterocycles. The molecule has 4 atom stereocenters. The fraction of sp³-hybridized carbons (Fsp3) is 0.885. The number of rotatable bonds is 5. The average molecular weight is 488 g/mol. The number of ether oxygens (including phenoxy) is 2. The molecule has 2 aliphatic carbocycles. The van der Waals surface area contributed by atoms with Crippen LogP contribution in [0.25, 0.3) is 0 Å². The van der Waals surface area contributed by atoms with Crippen LogP contribution >= 0.6 is 0 Å². The first kappa shape index (κ1) is 23.7. The topological polar surface area (TPSA) is 102 Å². The van der Waals surface area contributed by atoms with Crippen LogP contribution in [0.2, 0.25) is 0 Å². The van der Waals surface area contributed by atoms with Gasteiger partial charge in [0.15, 0.2) is 5.82 Å². The standard InChI is InChI=1S/C26H41N5O4/c1-25(10-11-25)34-24(32)31-12-7-17(8-13-31)21-29-22(35-30-21)20-14-18-6-4-3-5-9-26(20,2)23(27-18)28-19-15-33-16-19/h17-20,23,27-28H,3-16H2,1-2H3. The molecule has 194 valence electrons. The van der Waals surface area contributed by atoms with Gasteiger partial charge >= 0.3 is 6.09 Å². The molecule has 7 rings (SSSR count). The van der Waals surface area contributed by atoms with Crippen molar-refractivity contribution in [2.45, 2.75) is 114 Å². The number of piperidine rings is 2. The van der Waals surface area contributed by atoms with E-state index in [-0.39, 0.29) is 35.1 Å². The van der Waals surface area contributed by atoms with Crippen molar-refractivity contribution in [2.24, 2.45) is 5.41 Å². The summed E-state index contributed by atoms with van der Waals surface area (Å²) in [6.07, 6.45) is 10.9. The number of carbonyl (C=O) groups excluding carboxylic acids is 1. The predicted molar refractivity (Wildman–Crippen MR) is 129 cm³/mol. The van der Waals surface area contributed by atoms with Crippen LogP contribution in [0.3, 0.4) is 0 Å². The Hall–Kier alpha value is -1.71. The first-order valence-electron chi connectivity index (χ1n) is 13.8. The molecule has 6 fully saturated rings. The molecule has 5 heterocycles. The van der Waals surface area contributed by atoms with Gasteiger partial charge in [0, 0.05) is 36.4 Å². The van der Waals surface area contributed by atoms with E-state index in [0.717, 1.165) is 63.5 Å². The van der Waals surface area contributed by atoms with Crippen LogP contribution < -0.4 is 10.6 Å². The van der Waals surface area contributed by atoms with E-state index in [1.807, 2.05) is 11.8 Å². The van der Waals surface area contributed by atoms with Gasteiger partial charge in [-0.15, -0.1) is 0 Å². The van der Waals surface area contributed by atoms with Gasteiger partial charge in [-0.25, -0.2) is 4.79 Å². The van der Waals surface area contributed by atoms with E-state index in [9.17, 15) is 4.79 Å². The second-order valence-corrected chi connectivity index (χ2v) is 12.2. The zero-order valence-corrected chi connectivity index (χ0v) is 21.3. The fourth-order valence-corrected chi connectivity index (χ4v) is 6.46. The second kappa shape index (κ2) is 9.30. The zero-order valence-electron chi connectivity index (χ0n) is 21.3. The number of amides is 1. The van der Waals surface area contributed by atoms with Crippen LogP contribution in [0.5, 0.6) is 0 Å². The van der Waals surface area contributed by atoms with Crippen LogP contribution in [-0.4, -0.2) is 71.3 Å². The molecule has 4 unspecified atom stereocenters. The summed E-state index contributed by atoms with van der Waals surface area (Å²) in [7, 11) is 0. The van der Waals surface area contributed by atoms with Crippen molar-refractivity contribution in [1.82, 2.24) is 25.7 Å². The first-order valence-corrected chi connectivity index (χ1v) is 13.8. The van der Waals surface area contributed by atoms with Crippen LogP contribution in [0.1, 0.15) is 102 Å². The Morgan fingerprint density at radius 2 is 1.91 bits per heavy atom. The maximum absolute atomic E-state index is 12.5. The van der Waals surface area contributed by atoms with E-state index in [0.29, 0.717) is 25.2 Å². The molecule has 1 amide bonds. The molecule has 2 bridgehead atoms. The van der Waals surface area contributed by atoms with Gasteiger partial charge in [0.25, 0.3) is 0 Å². The summed E-state index contributed by atoms with van der Waals surface area (Å²) in [6.45, 7) is 7.37. The molecule has 1 aromatic heterocycles. The quantitative estimate of drug-likeness (QED) is 0.649. The van der Waals surface area contributed by atoms with Gasteiger partial charge in [-0.05, 0) is 51.9 Å². The number of nitrogens with one attached hydrogen (secondary N) is 2. The number of likely N-dealkylation sites (tertiary alicyclic amines) is 1. The summed E-state index contributed by atoms with van der Waals surface area (Å²) in [5.41, 5.74) is -0.220. The third kappa shape index (κ3) is 4.83. The molecule has 2 N–H and O–H groups in total. The molecule has 2 saturated carbocycles. The van der Waals surface area contributed by atoms with Gasteiger partial charge in [-0.1, -0.05) is 31.3 Å². The van der Waals surface area contributed by atoms with Gasteiger partial charge in [0.05, 0.1) is 25.4 Å². The zero-order chi connectivity index (χ0) is 24.0. The summed E-state index contributed by atoms with van der Waals surface area (Å²) in [5.74, 6) is 2.08. The Bertz CT molecular complexity index is 907. The van der Waals surface area contributed by atoms with Crippen molar-refractivity contribution in [3.63, 3.8) is 0 Å². The lowest BCUT2D eigenvalue weighted by atomic mass is 9.66. The van der Waals surface area contributed by atoms with Crippen molar-refractivity contribution in [1.29, 1.82) is 0 Å². The highest BCUT2D eigenvalue weighted by atomic mass is 16.6. The fourth-order valence-electron chi connectivity index (χ4n) is 6.46. The summed E-state index contributed by atoms with van der Waals surface area (Å²) in [4.78, 5) is 19.3. The largest absolute Gasteiger partial charge is 0.443 e. The van der Waals surface area contributed by atoms with Crippen molar-refractivity contribution in [2.75, 3.05) is 26.3 Å². The van der Waals surface area contributed by atoms with E-state index < -0.39 is 0 Å². The summed E-state index contributed by atoms with van der Waals surface area (Å²) in [5, 5.41) is 12.3. The smallest absolute Gasteiger partial charge is 0.410 e. The minimum absolute atomic E-state index is 0.00623. The average Bonchev–Trinajstić information content (AvgIpc) is 3.31. The van der Waals surface area contributed by atoms with Gasteiger partial charge in [-0.2, -0.15) is 4.98 Å². The molecule has 9 heteroatoms. The molecular weight excluding hydrogens is 446 g/mol. The molecule has 9 nitrogen and oxygen atoms in total. The molecule has 6 aliphatic rings. The molecule has 35 heavy (non-hydrogen) atoms. The third-order valence-corrected chi connectivity index (χ3v) is 9.35. The van der Waals surface area contributed by atoms with Crippen molar-refractivity contribution < 1.29 is 18.8 Å². The monoisotopic (exact) mass is 487 g/mol. The molecule has 1 aromatic rings. The highest BCUT2D eigenvalue weighted by Crippen LogP contribution is 2.49. The van der Waals surface area contributed by atoms with Crippen molar-refractivity contribution in [3.8, 4) is 0 Å². The lowest BCUT2D eigenvalue weighted by Crippen LogP contribution is -2.66. The highest BCUT2D eigenvalue weighted by Gasteiger charge is 2.51. The summed E-state index contributed by atoms with van der Waals surface area (Å²) in [6, 6.07) is 0.882. The van der Waals surface area contributed by atoms with E-state index >= 15 is 0 Å². The number of fused-ring (bicyclic) bond motifs is 6. The minimum atomic E-state index is -0.226. The Balaban J connectivity index is 1.15. The number of hydrogen-bond acceptors (Lipinski definition) is 8. The Kier molecular flexibility index (Phi) is 6.29. The molecule has 4 saturated heterocycles. The van der Waals surface area contributed by atoms with E-state index in [1.165, 1.54) is 25.7 Å². The Labute approximate surface area is 208 Å². The first-order chi connectivity index (χ1) is 16.9. The number of hydrogen-bond donors (Lipinski definition) is 2. The molecular formula is C26H41N5O4. The lowest BCUT2D eigenvalue weighted by Gasteiger charge is -2.51. The summed E-state index contributed by atoms with van der Waals surface area (Å²) >= 11 is 0. The Morgan fingerprint density at radius 1 is 1.11 bits per heavy atom. The number of aromatic nitrogens is 2. The lowest BCUT2D eigenvalue weighted by molar-refractivity contribution is -0.0379. The molecule has 0 spiro atoms. The van der Waals surface area contributed by atoms with Gasteiger partial charge < -0.3 is 18.9 Å². The van der Waals surface area contributed by atoms with E-state index in [1.54, 1.807) is 0 Å². The van der Waals surface area contributed by atoms with Gasteiger partial charge in [0.1, 0.15) is 5.60 Å². The van der Waals surface area contributed by atoms with Crippen LogP contribution in [0.4, 0.5) is 4.79 Å². The van der Waals surface area contributed by atoms with Crippen molar-refractivity contribution in [3.05, 3.63) is 11.7 Å². The minimum Gasteiger partial charge on any atom is -0.443 e.